The van der Waals surface area contributed by atoms with Crippen LogP contribution in [-0.4, -0.2) is 55.2 Å². The SMILES string of the molecule is COc1ccc2cc1Nc1nc(ncc1Cl)Nc1ccc(N3CCN(C)CC3)c(c1)/C=C\2. The second kappa shape index (κ2) is 8.68. The molecule has 6 bridgehead atoms. The van der Waals surface area contributed by atoms with Crippen molar-refractivity contribution in [3.05, 3.63) is 58.7 Å². The van der Waals surface area contributed by atoms with Crippen molar-refractivity contribution in [3.8, 4) is 5.75 Å². The summed E-state index contributed by atoms with van der Waals surface area (Å²) >= 11 is 6.37. The molecule has 0 radical (unpaired) electrons. The quantitative estimate of drug-likeness (QED) is 0.454. The van der Waals surface area contributed by atoms with E-state index in [1.165, 1.54) is 5.69 Å². The van der Waals surface area contributed by atoms with Crippen LogP contribution in [0, 0.1) is 0 Å². The van der Waals surface area contributed by atoms with E-state index in [2.05, 4.69) is 67.8 Å². The minimum Gasteiger partial charge on any atom is -0.495 e. The maximum Gasteiger partial charge on any atom is 0.229 e. The Morgan fingerprint density at radius 3 is 2.66 bits per heavy atom. The third-order valence-corrected chi connectivity index (χ3v) is 6.08. The normalized spacial score (nSPS) is 16.7. The zero-order chi connectivity index (χ0) is 22.1. The van der Waals surface area contributed by atoms with Crippen LogP contribution >= 0.6 is 11.6 Å². The van der Waals surface area contributed by atoms with E-state index in [-0.39, 0.29) is 0 Å². The predicted octanol–water partition coefficient (Wildman–Crippen LogP) is 4.86. The first kappa shape index (κ1) is 20.6. The first-order valence-electron chi connectivity index (χ1n) is 10.6. The van der Waals surface area contributed by atoms with E-state index in [4.69, 9.17) is 16.3 Å². The van der Waals surface area contributed by atoms with Gasteiger partial charge in [-0.05, 0) is 48.5 Å². The fourth-order valence-electron chi connectivity index (χ4n) is 3.99. The molecule has 1 aromatic heterocycles. The molecule has 0 spiro atoms. The molecular formula is C24H25ClN6O. The number of hydrogen-bond donors (Lipinski definition) is 2. The van der Waals surface area contributed by atoms with E-state index in [0.29, 0.717) is 22.5 Å². The molecule has 2 aliphatic rings. The number of methoxy groups -OCH3 is 1. The number of fused-ring (bicyclic) bond motifs is 6. The molecular weight excluding hydrogens is 424 g/mol. The average Bonchev–Trinajstić information content (AvgIpc) is 2.81. The molecule has 0 unspecified atom stereocenters. The fraction of sp³-hybridized carbons (Fsp3) is 0.250. The van der Waals surface area contributed by atoms with Gasteiger partial charge < -0.3 is 25.2 Å². The van der Waals surface area contributed by atoms with Crippen LogP contribution in [0.15, 0.2) is 42.6 Å². The molecule has 1 fully saturated rings. The van der Waals surface area contributed by atoms with Crippen molar-refractivity contribution >= 4 is 52.6 Å². The smallest absolute Gasteiger partial charge is 0.229 e. The lowest BCUT2D eigenvalue weighted by molar-refractivity contribution is 0.313. The number of anilines is 5. The van der Waals surface area contributed by atoms with Gasteiger partial charge in [0.2, 0.25) is 5.95 Å². The van der Waals surface area contributed by atoms with Crippen molar-refractivity contribution in [2.75, 3.05) is 55.9 Å². The minimum absolute atomic E-state index is 0.430. The molecule has 2 aromatic carbocycles. The summed E-state index contributed by atoms with van der Waals surface area (Å²) < 4.78 is 5.53. The largest absolute Gasteiger partial charge is 0.495 e. The zero-order valence-electron chi connectivity index (χ0n) is 18.1. The Hall–Kier alpha value is -3.29. The third-order valence-electron chi connectivity index (χ3n) is 5.80. The van der Waals surface area contributed by atoms with Gasteiger partial charge in [-0.2, -0.15) is 4.98 Å². The first-order chi connectivity index (χ1) is 15.6. The molecule has 0 atom stereocenters. The summed E-state index contributed by atoms with van der Waals surface area (Å²) in [6, 6.07) is 12.4. The summed E-state index contributed by atoms with van der Waals surface area (Å²) in [6.45, 7) is 4.12. The van der Waals surface area contributed by atoms with Crippen LogP contribution in [0.4, 0.5) is 28.8 Å². The summed E-state index contributed by atoms with van der Waals surface area (Å²) in [6.07, 6.45) is 5.86. The second-order valence-corrected chi connectivity index (χ2v) is 8.40. The molecule has 164 valence electrons. The first-order valence-corrected chi connectivity index (χ1v) is 11.0. The molecule has 3 aromatic rings. The molecule has 8 heteroatoms. The van der Waals surface area contributed by atoms with E-state index in [1.54, 1.807) is 13.3 Å². The zero-order valence-corrected chi connectivity index (χ0v) is 18.9. The Kier molecular flexibility index (Phi) is 5.59. The summed E-state index contributed by atoms with van der Waals surface area (Å²) in [5.74, 6) is 1.69. The van der Waals surface area contributed by atoms with Crippen LogP contribution in [0.5, 0.6) is 5.75 Å². The van der Waals surface area contributed by atoms with Gasteiger partial charge in [0.25, 0.3) is 0 Å². The number of benzene rings is 2. The summed E-state index contributed by atoms with van der Waals surface area (Å²) in [7, 11) is 3.81. The lowest BCUT2D eigenvalue weighted by atomic mass is 10.1. The van der Waals surface area contributed by atoms with Gasteiger partial charge in [-0.25, -0.2) is 4.98 Å². The maximum atomic E-state index is 6.37. The van der Waals surface area contributed by atoms with Gasteiger partial charge >= 0.3 is 0 Å². The number of aromatic nitrogens is 2. The van der Waals surface area contributed by atoms with E-state index >= 15 is 0 Å². The van der Waals surface area contributed by atoms with Crippen LogP contribution < -0.4 is 20.3 Å². The van der Waals surface area contributed by atoms with Crippen molar-refractivity contribution in [1.29, 1.82) is 0 Å². The Morgan fingerprint density at radius 1 is 1.00 bits per heavy atom. The molecule has 0 saturated carbocycles. The molecule has 32 heavy (non-hydrogen) atoms. The standard InChI is InChI=1S/C24H25ClN6O/c1-30-9-11-31(12-10-30)21-7-6-18-14-17(21)5-3-16-4-8-22(32-2)20(13-16)28-23-19(25)15-26-24(27-18)29-23/h3-8,13-15H,9-12H2,1-2H3,(H2,26,27,28,29)/b5-3-. The number of nitrogens with one attached hydrogen (secondary N) is 2. The van der Waals surface area contributed by atoms with E-state index in [1.807, 2.05) is 18.2 Å². The average molecular weight is 449 g/mol. The van der Waals surface area contributed by atoms with Gasteiger partial charge in [0, 0.05) is 37.6 Å². The summed E-state index contributed by atoms with van der Waals surface area (Å²) in [5, 5.41) is 7.03. The second-order valence-electron chi connectivity index (χ2n) is 8.00. The van der Waals surface area contributed by atoms with Gasteiger partial charge in [0.05, 0.1) is 19.0 Å². The summed E-state index contributed by atoms with van der Waals surface area (Å²) in [4.78, 5) is 13.7. The number of likely N-dealkylation sites (N-methyl/N-ethyl adjacent to an activating group) is 1. The van der Waals surface area contributed by atoms with E-state index in [9.17, 15) is 0 Å². The fourth-order valence-corrected chi connectivity index (χ4v) is 4.12. The van der Waals surface area contributed by atoms with E-state index in [0.717, 1.165) is 48.7 Å². The lowest BCUT2D eigenvalue weighted by Crippen LogP contribution is -2.44. The number of halogens is 1. The van der Waals surface area contributed by atoms with Crippen LogP contribution in [-0.2, 0) is 0 Å². The molecule has 7 nitrogen and oxygen atoms in total. The van der Waals surface area contributed by atoms with Crippen LogP contribution in [0.2, 0.25) is 5.02 Å². The lowest BCUT2D eigenvalue weighted by Gasteiger charge is -2.35. The Labute approximate surface area is 192 Å². The summed E-state index contributed by atoms with van der Waals surface area (Å²) in [5.41, 5.74) is 5.10. The number of piperazine rings is 1. The molecule has 2 N–H and O–H groups in total. The van der Waals surface area contributed by atoms with Gasteiger partial charge in [-0.15, -0.1) is 0 Å². The Balaban J connectivity index is 1.62. The highest BCUT2D eigenvalue weighted by Crippen LogP contribution is 2.34. The predicted molar refractivity (Wildman–Crippen MR) is 132 cm³/mol. The van der Waals surface area contributed by atoms with Crippen molar-refractivity contribution in [3.63, 3.8) is 0 Å². The van der Waals surface area contributed by atoms with Crippen molar-refractivity contribution in [2.24, 2.45) is 0 Å². The molecule has 3 heterocycles. The monoisotopic (exact) mass is 448 g/mol. The number of rotatable bonds is 2. The van der Waals surface area contributed by atoms with Crippen LogP contribution in [0.25, 0.3) is 12.2 Å². The molecule has 2 aliphatic heterocycles. The van der Waals surface area contributed by atoms with Gasteiger partial charge in [0.15, 0.2) is 5.82 Å². The van der Waals surface area contributed by atoms with Gasteiger partial charge in [0.1, 0.15) is 10.8 Å². The van der Waals surface area contributed by atoms with Gasteiger partial charge in [-0.3, -0.25) is 0 Å². The van der Waals surface area contributed by atoms with E-state index < -0.39 is 0 Å². The minimum atomic E-state index is 0.430. The number of ether oxygens (including phenoxy) is 1. The van der Waals surface area contributed by atoms with Crippen LogP contribution in [0.1, 0.15) is 11.1 Å². The molecule has 1 saturated heterocycles. The Bertz CT molecular complexity index is 1170. The molecule has 0 amide bonds. The maximum absolute atomic E-state index is 6.37. The highest BCUT2D eigenvalue weighted by atomic mass is 35.5. The molecule has 0 aliphatic carbocycles. The topological polar surface area (TPSA) is 65.5 Å². The van der Waals surface area contributed by atoms with Crippen LogP contribution in [0.3, 0.4) is 0 Å². The van der Waals surface area contributed by atoms with Gasteiger partial charge in [-0.1, -0.05) is 29.8 Å². The molecule has 5 rings (SSSR count). The third kappa shape index (κ3) is 4.22. The number of nitrogens with zero attached hydrogens (tertiary/aromatic N) is 4. The highest BCUT2D eigenvalue weighted by Gasteiger charge is 2.17. The Morgan fingerprint density at radius 2 is 1.84 bits per heavy atom. The number of hydrogen-bond acceptors (Lipinski definition) is 7. The van der Waals surface area contributed by atoms with Crippen molar-refractivity contribution in [2.45, 2.75) is 0 Å². The highest BCUT2D eigenvalue weighted by molar-refractivity contribution is 6.33. The van der Waals surface area contributed by atoms with Crippen molar-refractivity contribution in [1.82, 2.24) is 14.9 Å². The van der Waals surface area contributed by atoms with Crippen molar-refractivity contribution < 1.29 is 4.74 Å².